The molecule has 1 aromatic carbocycles. The van der Waals surface area contributed by atoms with E-state index in [0.717, 1.165) is 24.2 Å². The number of carbonyl (C=O) groups excluding carboxylic acids is 2. The number of anilines is 1. The highest BCUT2D eigenvalue weighted by atomic mass is 35.5. The minimum Gasteiger partial charge on any atom is -0.383 e. The van der Waals surface area contributed by atoms with Gasteiger partial charge in [-0.2, -0.15) is 0 Å². The van der Waals surface area contributed by atoms with Gasteiger partial charge in [0.1, 0.15) is 0 Å². The van der Waals surface area contributed by atoms with Gasteiger partial charge in [0.2, 0.25) is 11.8 Å². The maximum absolute atomic E-state index is 11.8. The van der Waals surface area contributed by atoms with Gasteiger partial charge in [-0.05, 0) is 31.0 Å². The summed E-state index contributed by atoms with van der Waals surface area (Å²) in [7, 11) is 1.63. The van der Waals surface area contributed by atoms with E-state index in [2.05, 4.69) is 10.6 Å². The Morgan fingerprint density at radius 1 is 1.33 bits per heavy atom. The number of rotatable bonds is 8. The quantitative estimate of drug-likeness (QED) is 0.696. The molecule has 1 heterocycles. The summed E-state index contributed by atoms with van der Waals surface area (Å²) >= 11 is 0. The van der Waals surface area contributed by atoms with Crippen LogP contribution < -0.4 is 15.5 Å². The lowest BCUT2D eigenvalue weighted by molar-refractivity contribution is -0.121. The second kappa shape index (κ2) is 10.3. The molecular weight excluding hydrogens is 330 g/mol. The third kappa shape index (κ3) is 5.78. The van der Waals surface area contributed by atoms with Crippen LogP contribution in [0.4, 0.5) is 5.69 Å². The molecule has 1 saturated heterocycles. The number of hydrogen-bond acceptors (Lipinski definition) is 4. The van der Waals surface area contributed by atoms with Crippen LogP contribution in [-0.4, -0.2) is 45.2 Å². The highest BCUT2D eigenvalue weighted by molar-refractivity contribution is 5.95. The fraction of sp³-hybridized carbons (Fsp3) is 0.529. The summed E-state index contributed by atoms with van der Waals surface area (Å²) in [5, 5.41) is 5.96. The third-order valence-electron chi connectivity index (χ3n) is 3.92. The van der Waals surface area contributed by atoms with E-state index in [1.807, 2.05) is 36.1 Å². The van der Waals surface area contributed by atoms with Gasteiger partial charge in [0.15, 0.2) is 0 Å². The molecule has 1 fully saturated rings. The van der Waals surface area contributed by atoms with Crippen LogP contribution in [0.15, 0.2) is 24.3 Å². The van der Waals surface area contributed by atoms with Crippen molar-refractivity contribution in [2.24, 2.45) is 0 Å². The van der Waals surface area contributed by atoms with Crippen molar-refractivity contribution in [3.63, 3.8) is 0 Å². The van der Waals surface area contributed by atoms with E-state index in [9.17, 15) is 9.59 Å². The monoisotopic (exact) mass is 355 g/mol. The third-order valence-corrected chi connectivity index (χ3v) is 3.92. The summed E-state index contributed by atoms with van der Waals surface area (Å²) in [6.45, 7) is 4.24. The number of halogens is 1. The SMILES string of the molecule is COCCNCC(=O)NC(C)c1ccc(N2CCCC2=O)cc1.Cl. The van der Waals surface area contributed by atoms with Gasteiger partial charge in [-0.25, -0.2) is 0 Å². The average Bonchev–Trinajstić information content (AvgIpc) is 2.98. The van der Waals surface area contributed by atoms with Crippen molar-refractivity contribution in [1.82, 2.24) is 10.6 Å². The molecule has 2 N–H and O–H groups in total. The Morgan fingerprint density at radius 2 is 2.04 bits per heavy atom. The first-order valence-corrected chi connectivity index (χ1v) is 8.01. The topological polar surface area (TPSA) is 70.7 Å². The van der Waals surface area contributed by atoms with Crippen molar-refractivity contribution in [3.8, 4) is 0 Å². The molecule has 24 heavy (non-hydrogen) atoms. The van der Waals surface area contributed by atoms with Gasteiger partial charge < -0.3 is 20.3 Å². The first kappa shape index (κ1) is 20.4. The Hall–Kier alpha value is -1.63. The Labute approximate surface area is 149 Å². The molecule has 134 valence electrons. The molecule has 2 amide bonds. The molecule has 0 aromatic heterocycles. The molecule has 0 aliphatic carbocycles. The smallest absolute Gasteiger partial charge is 0.234 e. The first-order chi connectivity index (χ1) is 11.1. The molecule has 0 bridgehead atoms. The van der Waals surface area contributed by atoms with E-state index in [-0.39, 0.29) is 36.8 Å². The first-order valence-electron chi connectivity index (χ1n) is 8.01. The summed E-state index contributed by atoms with van der Waals surface area (Å²) in [6, 6.07) is 7.74. The predicted molar refractivity (Wildman–Crippen MR) is 96.6 cm³/mol. The highest BCUT2D eigenvalue weighted by Gasteiger charge is 2.21. The lowest BCUT2D eigenvalue weighted by Gasteiger charge is -2.18. The zero-order chi connectivity index (χ0) is 16.7. The van der Waals surface area contributed by atoms with Gasteiger partial charge in [0, 0.05) is 32.3 Å². The van der Waals surface area contributed by atoms with Crippen molar-refractivity contribution in [3.05, 3.63) is 29.8 Å². The van der Waals surface area contributed by atoms with Gasteiger partial charge in [0.25, 0.3) is 0 Å². The molecule has 1 atom stereocenters. The summed E-state index contributed by atoms with van der Waals surface area (Å²) in [5.74, 6) is 0.133. The number of amides is 2. The van der Waals surface area contributed by atoms with Gasteiger partial charge in [-0.3, -0.25) is 9.59 Å². The van der Waals surface area contributed by atoms with E-state index >= 15 is 0 Å². The van der Waals surface area contributed by atoms with E-state index < -0.39 is 0 Å². The Morgan fingerprint density at radius 3 is 2.62 bits per heavy atom. The van der Waals surface area contributed by atoms with Crippen LogP contribution in [0.1, 0.15) is 31.4 Å². The van der Waals surface area contributed by atoms with E-state index in [0.29, 0.717) is 19.6 Å². The molecule has 1 aliphatic rings. The van der Waals surface area contributed by atoms with E-state index in [1.54, 1.807) is 7.11 Å². The lowest BCUT2D eigenvalue weighted by Crippen LogP contribution is -2.36. The van der Waals surface area contributed by atoms with Gasteiger partial charge in [-0.1, -0.05) is 12.1 Å². The Kier molecular flexibility index (Phi) is 8.74. The van der Waals surface area contributed by atoms with E-state index in [4.69, 9.17) is 4.74 Å². The van der Waals surface area contributed by atoms with Crippen molar-refractivity contribution in [1.29, 1.82) is 0 Å². The number of ether oxygens (including phenoxy) is 1. The fourth-order valence-corrected chi connectivity index (χ4v) is 2.62. The summed E-state index contributed by atoms with van der Waals surface area (Å²) in [6.07, 6.45) is 1.55. The van der Waals surface area contributed by atoms with Gasteiger partial charge in [0.05, 0.1) is 19.2 Å². The van der Waals surface area contributed by atoms with Crippen molar-refractivity contribution < 1.29 is 14.3 Å². The summed E-state index contributed by atoms with van der Waals surface area (Å²) in [4.78, 5) is 25.4. The van der Waals surface area contributed by atoms with E-state index in [1.165, 1.54) is 0 Å². The molecular formula is C17H26ClN3O3. The van der Waals surface area contributed by atoms with Gasteiger partial charge >= 0.3 is 0 Å². The zero-order valence-electron chi connectivity index (χ0n) is 14.2. The largest absolute Gasteiger partial charge is 0.383 e. The van der Waals surface area contributed by atoms with Crippen LogP contribution in [0, 0.1) is 0 Å². The zero-order valence-corrected chi connectivity index (χ0v) is 15.0. The normalized spacial score (nSPS) is 15.1. The summed E-state index contributed by atoms with van der Waals surface area (Å²) in [5.41, 5.74) is 1.95. The number of hydrogen-bond donors (Lipinski definition) is 2. The van der Waals surface area contributed by atoms with Crippen LogP contribution in [0.5, 0.6) is 0 Å². The molecule has 6 nitrogen and oxygen atoms in total. The number of nitrogens with one attached hydrogen (secondary N) is 2. The van der Waals surface area contributed by atoms with Crippen molar-refractivity contribution in [2.75, 3.05) is 38.3 Å². The summed E-state index contributed by atoms with van der Waals surface area (Å²) < 4.78 is 4.91. The maximum Gasteiger partial charge on any atom is 0.234 e. The molecule has 7 heteroatoms. The second-order valence-electron chi connectivity index (χ2n) is 5.70. The molecule has 0 radical (unpaired) electrons. The number of benzene rings is 1. The number of methoxy groups -OCH3 is 1. The second-order valence-corrected chi connectivity index (χ2v) is 5.70. The average molecular weight is 356 g/mol. The molecule has 1 aliphatic heterocycles. The highest BCUT2D eigenvalue weighted by Crippen LogP contribution is 2.23. The fourth-order valence-electron chi connectivity index (χ4n) is 2.62. The minimum absolute atomic E-state index is 0. The number of carbonyl (C=O) groups is 2. The predicted octanol–water partition coefficient (Wildman–Crippen LogP) is 1.65. The Balaban J connectivity index is 0.00000288. The van der Waals surface area contributed by atoms with Crippen LogP contribution in [0.3, 0.4) is 0 Å². The van der Waals surface area contributed by atoms with Crippen molar-refractivity contribution >= 4 is 29.9 Å². The van der Waals surface area contributed by atoms with Crippen LogP contribution >= 0.6 is 12.4 Å². The maximum atomic E-state index is 11.8. The van der Waals surface area contributed by atoms with Crippen molar-refractivity contribution in [2.45, 2.75) is 25.8 Å². The molecule has 2 rings (SSSR count). The Bertz CT molecular complexity index is 536. The van der Waals surface area contributed by atoms with Gasteiger partial charge in [-0.15, -0.1) is 12.4 Å². The van der Waals surface area contributed by atoms with Crippen LogP contribution in [0.2, 0.25) is 0 Å². The molecule has 1 aromatic rings. The molecule has 0 saturated carbocycles. The molecule has 1 unspecified atom stereocenters. The number of nitrogens with zero attached hydrogens (tertiary/aromatic N) is 1. The van der Waals surface area contributed by atoms with Crippen LogP contribution in [0.25, 0.3) is 0 Å². The molecule has 0 spiro atoms. The standard InChI is InChI=1S/C17H25N3O3.ClH/c1-13(19-16(21)12-18-9-11-23-2)14-5-7-15(8-6-14)20-10-3-4-17(20)22;/h5-8,13,18H,3-4,9-12H2,1-2H3,(H,19,21);1H. The minimum atomic E-state index is -0.0740. The lowest BCUT2D eigenvalue weighted by atomic mass is 10.1. The van der Waals surface area contributed by atoms with Crippen LogP contribution in [-0.2, 0) is 14.3 Å².